The second-order valence-electron chi connectivity index (χ2n) is 6.87. The molecular formula is C22H21N5O2. The summed E-state index contributed by atoms with van der Waals surface area (Å²) in [5, 5.41) is 2.74. The zero-order valence-electron chi connectivity index (χ0n) is 15.9. The lowest BCUT2D eigenvalue weighted by molar-refractivity contribution is -0.126. The molecule has 7 nitrogen and oxygen atoms in total. The van der Waals surface area contributed by atoms with Crippen LogP contribution in [0.5, 0.6) is 0 Å². The Morgan fingerprint density at radius 1 is 1.14 bits per heavy atom. The first kappa shape index (κ1) is 18.6. The molecule has 0 fully saturated rings. The van der Waals surface area contributed by atoms with Crippen LogP contribution in [0.15, 0.2) is 67.4 Å². The van der Waals surface area contributed by atoms with Gasteiger partial charge in [0.2, 0.25) is 11.8 Å². The Morgan fingerprint density at radius 3 is 2.76 bits per heavy atom. The number of rotatable bonds is 5. The highest BCUT2D eigenvalue weighted by molar-refractivity contribution is 5.92. The molecule has 0 spiro atoms. The summed E-state index contributed by atoms with van der Waals surface area (Å²) in [6.45, 7) is 1.54. The first-order chi connectivity index (χ1) is 14.2. The topological polar surface area (TPSA) is 80.1 Å². The summed E-state index contributed by atoms with van der Waals surface area (Å²) >= 11 is 0. The number of benzene rings is 1. The maximum atomic E-state index is 12.5. The number of nitrogens with zero attached hydrogens (tertiary/aromatic N) is 4. The van der Waals surface area contributed by atoms with Crippen molar-refractivity contribution in [2.75, 3.05) is 11.9 Å². The molecule has 3 heterocycles. The molecule has 2 aromatic heterocycles. The van der Waals surface area contributed by atoms with Crippen LogP contribution in [0.4, 0.5) is 5.82 Å². The Balaban J connectivity index is 1.32. The lowest BCUT2D eigenvalue weighted by Gasteiger charge is -2.27. The number of amides is 2. The average molecular weight is 387 g/mol. The molecule has 0 saturated carbocycles. The fraction of sp³-hybridized carbons (Fsp3) is 0.182. The first-order valence-electron chi connectivity index (χ1n) is 9.43. The average Bonchev–Trinajstić information content (AvgIpc) is 3.25. The van der Waals surface area contributed by atoms with E-state index in [-0.39, 0.29) is 18.4 Å². The van der Waals surface area contributed by atoms with E-state index in [0.29, 0.717) is 12.4 Å². The van der Waals surface area contributed by atoms with Gasteiger partial charge in [-0.3, -0.25) is 9.59 Å². The normalized spacial score (nSPS) is 13.3. The number of carbonyl (C=O) groups is 2. The zero-order chi connectivity index (χ0) is 20.1. The number of pyridine rings is 1. The SMILES string of the molecule is O=C(Cn1ccnc1)Nc1ccc(C=CC(=O)N2CCc3ccccc3C2)cn1. The summed E-state index contributed by atoms with van der Waals surface area (Å²) in [6.07, 6.45) is 10.7. The van der Waals surface area contributed by atoms with Crippen LogP contribution in [0, 0.1) is 0 Å². The molecule has 0 atom stereocenters. The number of hydrogen-bond donors (Lipinski definition) is 1. The molecule has 0 aliphatic carbocycles. The lowest BCUT2D eigenvalue weighted by atomic mass is 10.00. The van der Waals surface area contributed by atoms with Crippen LogP contribution in [0.2, 0.25) is 0 Å². The van der Waals surface area contributed by atoms with Crippen LogP contribution in [0.25, 0.3) is 6.08 Å². The molecule has 146 valence electrons. The number of fused-ring (bicyclic) bond motifs is 1. The molecule has 0 radical (unpaired) electrons. The molecular weight excluding hydrogens is 366 g/mol. The third kappa shape index (κ3) is 4.76. The number of anilines is 1. The minimum atomic E-state index is -0.181. The maximum Gasteiger partial charge on any atom is 0.246 e. The van der Waals surface area contributed by atoms with E-state index in [4.69, 9.17) is 0 Å². The van der Waals surface area contributed by atoms with Gasteiger partial charge in [0.25, 0.3) is 0 Å². The molecule has 4 rings (SSSR count). The first-order valence-corrected chi connectivity index (χ1v) is 9.43. The van der Waals surface area contributed by atoms with E-state index in [0.717, 1.165) is 18.5 Å². The molecule has 3 aromatic rings. The summed E-state index contributed by atoms with van der Waals surface area (Å²) in [6, 6.07) is 11.8. The highest BCUT2D eigenvalue weighted by Crippen LogP contribution is 2.19. The van der Waals surface area contributed by atoms with E-state index in [1.54, 1.807) is 47.7 Å². The highest BCUT2D eigenvalue weighted by Gasteiger charge is 2.18. The van der Waals surface area contributed by atoms with Crippen molar-refractivity contribution < 1.29 is 9.59 Å². The van der Waals surface area contributed by atoms with Gasteiger partial charge in [0.15, 0.2) is 0 Å². The molecule has 0 bridgehead atoms. The van der Waals surface area contributed by atoms with Gasteiger partial charge in [-0.2, -0.15) is 0 Å². The van der Waals surface area contributed by atoms with Gasteiger partial charge < -0.3 is 14.8 Å². The van der Waals surface area contributed by atoms with Crippen LogP contribution in [-0.2, 0) is 29.1 Å². The van der Waals surface area contributed by atoms with Gasteiger partial charge >= 0.3 is 0 Å². The fourth-order valence-corrected chi connectivity index (χ4v) is 3.26. The molecule has 0 saturated heterocycles. The van der Waals surface area contributed by atoms with Crippen LogP contribution in [0.1, 0.15) is 16.7 Å². The second kappa shape index (κ2) is 8.52. The van der Waals surface area contributed by atoms with Crippen molar-refractivity contribution in [3.63, 3.8) is 0 Å². The zero-order valence-corrected chi connectivity index (χ0v) is 15.9. The Hall–Kier alpha value is -3.74. The Morgan fingerprint density at radius 2 is 2.00 bits per heavy atom. The maximum absolute atomic E-state index is 12.5. The molecule has 1 aliphatic heterocycles. The minimum Gasteiger partial charge on any atom is -0.334 e. The smallest absolute Gasteiger partial charge is 0.246 e. The van der Waals surface area contributed by atoms with Gasteiger partial charge in [-0.25, -0.2) is 9.97 Å². The highest BCUT2D eigenvalue weighted by atomic mass is 16.2. The Kier molecular flexibility index (Phi) is 5.47. The van der Waals surface area contributed by atoms with Crippen molar-refractivity contribution >= 4 is 23.7 Å². The van der Waals surface area contributed by atoms with E-state index in [1.165, 1.54) is 11.1 Å². The van der Waals surface area contributed by atoms with Crippen LogP contribution in [-0.4, -0.2) is 37.8 Å². The summed E-state index contributed by atoms with van der Waals surface area (Å²) in [5.41, 5.74) is 3.32. The van der Waals surface area contributed by atoms with Crippen molar-refractivity contribution in [2.24, 2.45) is 0 Å². The summed E-state index contributed by atoms with van der Waals surface area (Å²) in [5.74, 6) is 0.266. The molecule has 7 heteroatoms. The predicted molar refractivity (Wildman–Crippen MR) is 110 cm³/mol. The van der Waals surface area contributed by atoms with Crippen molar-refractivity contribution in [3.05, 3.63) is 84.1 Å². The summed E-state index contributed by atoms with van der Waals surface area (Å²) < 4.78 is 1.68. The monoisotopic (exact) mass is 387 g/mol. The minimum absolute atomic E-state index is 0.0165. The van der Waals surface area contributed by atoms with Gasteiger partial charge in [0, 0.05) is 37.8 Å². The second-order valence-corrected chi connectivity index (χ2v) is 6.87. The van der Waals surface area contributed by atoms with Crippen molar-refractivity contribution in [2.45, 2.75) is 19.5 Å². The molecule has 0 unspecified atom stereocenters. The largest absolute Gasteiger partial charge is 0.334 e. The predicted octanol–water partition coefficient (Wildman–Crippen LogP) is 2.51. The quantitative estimate of drug-likeness (QED) is 0.682. The third-order valence-corrected chi connectivity index (χ3v) is 4.80. The van der Waals surface area contributed by atoms with E-state index >= 15 is 0 Å². The van der Waals surface area contributed by atoms with Gasteiger partial charge in [0.1, 0.15) is 12.4 Å². The van der Waals surface area contributed by atoms with E-state index in [9.17, 15) is 9.59 Å². The molecule has 1 aliphatic rings. The number of aromatic nitrogens is 3. The third-order valence-electron chi connectivity index (χ3n) is 4.80. The van der Waals surface area contributed by atoms with Crippen LogP contribution < -0.4 is 5.32 Å². The molecule has 29 heavy (non-hydrogen) atoms. The molecule has 2 amide bonds. The number of nitrogens with one attached hydrogen (secondary N) is 1. The fourth-order valence-electron chi connectivity index (χ4n) is 3.26. The van der Waals surface area contributed by atoms with Gasteiger partial charge in [0.05, 0.1) is 6.33 Å². The molecule has 1 aromatic carbocycles. The van der Waals surface area contributed by atoms with E-state index < -0.39 is 0 Å². The van der Waals surface area contributed by atoms with Crippen LogP contribution in [0.3, 0.4) is 0 Å². The number of carbonyl (C=O) groups excluding carboxylic acids is 2. The van der Waals surface area contributed by atoms with Gasteiger partial charge in [-0.05, 0) is 41.3 Å². The molecule has 1 N–H and O–H groups in total. The number of imidazole rings is 1. The van der Waals surface area contributed by atoms with Crippen molar-refractivity contribution in [3.8, 4) is 0 Å². The summed E-state index contributed by atoms with van der Waals surface area (Å²) in [7, 11) is 0. The van der Waals surface area contributed by atoms with E-state index in [2.05, 4.69) is 27.4 Å². The van der Waals surface area contributed by atoms with Crippen molar-refractivity contribution in [1.29, 1.82) is 0 Å². The van der Waals surface area contributed by atoms with Crippen LogP contribution >= 0.6 is 0 Å². The summed E-state index contributed by atoms with van der Waals surface area (Å²) in [4.78, 5) is 34.5. The van der Waals surface area contributed by atoms with Gasteiger partial charge in [-0.1, -0.05) is 24.3 Å². The van der Waals surface area contributed by atoms with Gasteiger partial charge in [-0.15, -0.1) is 0 Å². The lowest BCUT2D eigenvalue weighted by Crippen LogP contribution is -2.34. The Labute approximate surface area is 168 Å². The number of hydrogen-bond acceptors (Lipinski definition) is 4. The van der Waals surface area contributed by atoms with E-state index in [1.807, 2.05) is 23.1 Å². The van der Waals surface area contributed by atoms with Crippen molar-refractivity contribution in [1.82, 2.24) is 19.4 Å². The standard InChI is InChI=1S/C22H21N5O2/c28-21(15-26-12-10-23-16-26)25-20-7-5-17(13-24-20)6-8-22(29)27-11-9-18-3-1-2-4-19(18)14-27/h1-8,10,12-13,16H,9,11,14-15H2,(H,24,25,28). The Bertz CT molecular complexity index is 1030.